The number of carbonyl (C=O) groups is 2. The van der Waals surface area contributed by atoms with E-state index in [1.54, 1.807) is 45.4 Å². The van der Waals surface area contributed by atoms with E-state index in [1.807, 2.05) is 50.2 Å². The molecule has 0 aromatic heterocycles. The standard InChI is InChI=1S/C28H32N2O5/c1-18-9-8-12-24(19(18)2)35-20(3)27(31)30-23-11-7-6-10-22(23)28(32)29-16-15-21-13-14-25(33-4)26(17-21)34-5/h6-14,17,20H,15-16H2,1-5H3,(H,29,32)(H,30,31)/t20-/m0/s1. The molecule has 3 rings (SSSR count). The Morgan fingerprint density at radius 2 is 1.63 bits per heavy atom. The minimum Gasteiger partial charge on any atom is -0.493 e. The van der Waals surface area contributed by atoms with Gasteiger partial charge in [-0.3, -0.25) is 9.59 Å². The Balaban J connectivity index is 1.61. The number of hydrogen-bond acceptors (Lipinski definition) is 5. The molecule has 0 heterocycles. The largest absolute Gasteiger partial charge is 0.493 e. The van der Waals surface area contributed by atoms with Crippen molar-refractivity contribution in [3.8, 4) is 17.2 Å². The minimum absolute atomic E-state index is 0.274. The van der Waals surface area contributed by atoms with Crippen molar-refractivity contribution in [3.05, 3.63) is 82.9 Å². The highest BCUT2D eigenvalue weighted by molar-refractivity contribution is 6.04. The average molecular weight is 477 g/mol. The quantitative estimate of drug-likeness (QED) is 0.443. The normalized spacial score (nSPS) is 11.3. The maximum atomic E-state index is 12.9. The molecule has 3 aromatic rings. The summed E-state index contributed by atoms with van der Waals surface area (Å²) in [4.78, 5) is 25.7. The van der Waals surface area contributed by atoms with E-state index < -0.39 is 6.10 Å². The molecule has 7 nitrogen and oxygen atoms in total. The molecule has 7 heteroatoms. The molecular formula is C28H32N2O5. The Morgan fingerprint density at radius 3 is 2.37 bits per heavy atom. The molecule has 0 unspecified atom stereocenters. The maximum Gasteiger partial charge on any atom is 0.265 e. The number of methoxy groups -OCH3 is 2. The van der Waals surface area contributed by atoms with Crippen molar-refractivity contribution in [2.75, 3.05) is 26.1 Å². The number of hydrogen-bond donors (Lipinski definition) is 2. The number of aryl methyl sites for hydroxylation is 1. The number of nitrogens with one attached hydrogen (secondary N) is 2. The van der Waals surface area contributed by atoms with E-state index in [-0.39, 0.29) is 11.8 Å². The fraction of sp³-hybridized carbons (Fsp3) is 0.286. The molecule has 1 atom stereocenters. The first-order valence-corrected chi connectivity index (χ1v) is 11.5. The molecule has 0 aliphatic rings. The van der Waals surface area contributed by atoms with E-state index in [2.05, 4.69) is 10.6 Å². The summed E-state index contributed by atoms with van der Waals surface area (Å²) >= 11 is 0. The van der Waals surface area contributed by atoms with Gasteiger partial charge in [-0.15, -0.1) is 0 Å². The van der Waals surface area contributed by atoms with Crippen molar-refractivity contribution < 1.29 is 23.8 Å². The van der Waals surface area contributed by atoms with Crippen molar-refractivity contribution in [1.29, 1.82) is 0 Å². The van der Waals surface area contributed by atoms with Gasteiger partial charge in [0, 0.05) is 6.54 Å². The molecule has 0 bridgehead atoms. The summed E-state index contributed by atoms with van der Waals surface area (Å²) < 4.78 is 16.5. The number of para-hydroxylation sites is 1. The van der Waals surface area contributed by atoms with Crippen LogP contribution in [0.15, 0.2) is 60.7 Å². The molecule has 184 valence electrons. The maximum absolute atomic E-state index is 12.9. The van der Waals surface area contributed by atoms with Crippen molar-refractivity contribution in [2.24, 2.45) is 0 Å². The first-order valence-electron chi connectivity index (χ1n) is 11.5. The topological polar surface area (TPSA) is 85.9 Å². The molecular weight excluding hydrogens is 444 g/mol. The fourth-order valence-corrected chi connectivity index (χ4v) is 3.57. The highest BCUT2D eigenvalue weighted by atomic mass is 16.5. The third kappa shape index (κ3) is 6.53. The van der Waals surface area contributed by atoms with Crippen LogP contribution in [0.25, 0.3) is 0 Å². The van der Waals surface area contributed by atoms with Gasteiger partial charge in [-0.1, -0.05) is 30.3 Å². The number of benzene rings is 3. The van der Waals surface area contributed by atoms with Gasteiger partial charge in [-0.05, 0) is 74.2 Å². The van der Waals surface area contributed by atoms with Gasteiger partial charge >= 0.3 is 0 Å². The molecule has 0 aliphatic carbocycles. The second-order valence-electron chi connectivity index (χ2n) is 8.19. The highest BCUT2D eigenvalue weighted by Crippen LogP contribution is 2.27. The Bertz CT molecular complexity index is 1190. The summed E-state index contributed by atoms with van der Waals surface area (Å²) in [5.41, 5.74) is 3.89. The third-order valence-electron chi connectivity index (χ3n) is 5.80. The smallest absolute Gasteiger partial charge is 0.265 e. The lowest BCUT2D eigenvalue weighted by molar-refractivity contribution is -0.122. The lowest BCUT2D eigenvalue weighted by atomic mass is 10.1. The van der Waals surface area contributed by atoms with E-state index in [0.717, 1.165) is 16.7 Å². The predicted octanol–water partition coefficient (Wildman–Crippen LogP) is 4.70. The van der Waals surface area contributed by atoms with Crippen LogP contribution in [0.4, 0.5) is 5.69 Å². The number of anilines is 1. The second kappa shape index (κ2) is 11.9. The molecule has 0 radical (unpaired) electrons. The van der Waals surface area contributed by atoms with Crippen molar-refractivity contribution >= 4 is 17.5 Å². The van der Waals surface area contributed by atoms with Crippen LogP contribution < -0.4 is 24.8 Å². The van der Waals surface area contributed by atoms with Crippen LogP contribution in [0.5, 0.6) is 17.2 Å². The number of amides is 2. The lowest BCUT2D eigenvalue weighted by Crippen LogP contribution is -2.32. The summed E-state index contributed by atoms with van der Waals surface area (Å²) in [7, 11) is 3.17. The molecule has 3 aromatic carbocycles. The molecule has 0 saturated carbocycles. The molecule has 2 N–H and O–H groups in total. The predicted molar refractivity (Wildman–Crippen MR) is 137 cm³/mol. The van der Waals surface area contributed by atoms with Gasteiger partial charge in [0.15, 0.2) is 17.6 Å². The summed E-state index contributed by atoms with van der Waals surface area (Å²) in [5, 5.41) is 5.74. The number of carbonyl (C=O) groups excluding carboxylic acids is 2. The molecule has 0 spiro atoms. The van der Waals surface area contributed by atoms with Gasteiger partial charge in [0.2, 0.25) is 0 Å². The minimum atomic E-state index is -0.739. The van der Waals surface area contributed by atoms with Gasteiger partial charge in [0.25, 0.3) is 11.8 Å². The Morgan fingerprint density at radius 1 is 0.886 bits per heavy atom. The van der Waals surface area contributed by atoms with Crippen molar-refractivity contribution in [1.82, 2.24) is 5.32 Å². The molecule has 35 heavy (non-hydrogen) atoms. The van der Waals surface area contributed by atoms with E-state index in [0.29, 0.717) is 41.5 Å². The lowest BCUT2D eigenvalue weighted by Gasteiger charge is -2.18. The summed E-state index contributed by atoms with van der Waals surface area (Å²) in [5.74, 6) is 1.34. The van der Waals surface area contributed by atoms with Crippen LogP contribution in [0, 0.1) is 13.8 Å². The van der Waals surface area contributed by atoms with Gasteiger partial charge < -0.3 is 24.8 Å². The fourth-order valence-electron chi connectivity index (χ4n) is 3.57. The monoisotopic (exact) mass is 476 g/mol. The zero-order valence-electron chi connectivity index (χ0n) is 20.8. The summed E-state index contributed by atoms with van der Waals surface area (Å²) in [6.07, 6.45) is -0.127. The zero-order valence-corrected chi connectivity index (χ0v) is 20.8. The summed E-state index contributed by atoms with van der Waals surface area (Å²) in [6.45, 7) is 6.05. The van der Waals surface area contributed by atoms with Gasteiger partial charge in [0.05, 0.1) is 25.5 Å². The average Bonchev–Trinajstić information content (AvgIpc) is 2.86. The van der Waals surface area contributed by atoms with Crippen LogP contribution in [0.1, 0.15) is 34.0 Å². The van der Waals surface area contributed by atoms with Crippen LogP contribution in [0.3, 0.4) is 0 Å². The molecule has 2 amide bonds. The van der Waals surface area contributed by atoms with Crippen LogP contribution in [-0.2, 0) is 11.2 Å². The van der Waals surface area contributed by atoms with Gasteiger partial charge in [-0.2, -0.15) is 0 Å². The molecule has 0 saturated heterocycles. The second-order valence-corrected chi connectivity index (χ2v) is 8.19. The van der Waals surface area contributed by atoms with E-state index in [4.69, 9.17) is 14.2 Å². The van der Waals surface area contributed by atoms with E-state index in [9.17, 15) is 9.59 Å². The zero-order chi connectivity index (χ0) is 25.4. The molecule has 0 aliphatic heterocycles. The first-order chi connectivity index (χ1) is 16.8. The first kappa shape index (κ1) is 25.6. The van der Waals surface area contributed by atoms with Crippen LogP contribution in [0.2, 0.25) is 0 Å². The summed E-state index contributed by atoms with van der Waals surface area (Å²) in [6, 6.07) is 18.3. The highest BCUT2D eigenvalue weighted by Gasteiger charge is 2.19. The van der Waals surface area contributed by atoms with Crippen molar-refractivity contribution in [3.63, 3.8) is 0 Å². The van der Waals surface area contributed by atoms with Crippen LogP contribution >= 0.6 is 0 Å². The Kier molecular flexibility index (Phi) is 8.73. The Labute approximate surface area is 206 Å². The number of rotatable bonds is 10. The number of ether oxygens (including phenoxy) is 3. The van der Waals surface area contributed by atoms with Crippen LogP contribution in [-0.4, -0.2) is 38.7 Å². The van der Waals surface area contributed by atoms with Gasteiger partial charge in [0.1, 0.15) is 5.75 Å². The SMILES string of the molecule is COc1ccc(CCNC(=O)c2ccccc2NC(=O)[C@H](C)Oc2cccc(C)c2C)cc1OC. The van der Waals surface area contributed by atoms with Gasteiger partial charge in [-0.25, -0.2) is 0 Å². The third-order valence-corrected chi connectivity index (χ3v) is 5.80. The Hall–Kier alpha value is -4.00. The molecule has 0 fully saturated rings. The van der Waals surface area contributed by atoms with E-state index in [1.165, 1.54) is 0 Å². The van der Waals surface area contributed by atoms with E-state index >= 15 is 0 Å². The van der Waals surface area contributed by atoms with Crippen molar-refractivity contribution in [2.45, 2.75) is 33.3 Å².